The second-order valence-corrected chi connectivity index (χ2v) is 9.63. The zero-order valence-electron chi connectivity index (χ0n) is 19.3. The van der Waals surface area contributed by atoms with Crippen LogP contribution in [0.5, 0.6) is 0 Å². The van der Waals surface area contributed by atoms with Crippen molar-refractivity contribution in [2.75, 3.05) is 4.90 Å². The van der Waals surface area contributed by atoms with Gasteiger partial charge in [0.1, 0.15) is 6.29 Å². The SMILES string of the molecule is CC(C)OC(=O)c1ccccc1N1C(=O)[C@@H]2[C@@H](C1=O)C1c3ccccc3C2(C=O)c2ccccc21. The Bertz CT molecular complexity index is 1380. The molecule has 0 aromatic heterocycles. The van der Waals surface area contributed by atoms with Crippen LogP contribution in [-0.2, 0) is 24.5 Å². The van der Waals surface area contributed by atoms with Gasteiger partial charge < -0.3 is 9.53 Å². The number of hydrogen-bond acceptors (Lipinski definition) is 5. The number of carbonyl (C=O) groups excluding carboxylic acids is 4. The molecule has 174 valence electrons. The summed E-state index contributed by atoms with van der Waals surface area (Å²) in [6.07, 6.45) is 0.479. The minimum absolute atomic E-state index is 0.143. The number of hydrogen-bond donors (Lipinski definition) is 0. The molecule has 1 heterocycles. The Morgan fingerprint density at radius 2 is 1.46 bits per heavy atom. The highest BCUT2D eigenvalue weighted by molar-refractivity contribution is 6.26. The van der Waals surface area contributed by atoms with Crippen LogP contribution in [-0.4, -0.2) is 30.2 Å². The third-order valence-corrected chi connectivity index (χ3v) is 7.58. The molecule has 35 heavy (non-hydrogen) atoms. The van der Waals surface area contributed by atoms with E-state index in [-0.39, 0.29) is 23.3 Å². The Hall–Kier alpha value is -4.06. The summed E-state index contributed by atoms with van der Waals surface area (Å²) < 4.78 is 5.38. The molecule has 7 rings (SSSR count). The maximum absolute atomic E-state index is 14.1. The lowest BCUT2D eigenvalue weighted by atomic mass is 9.48. The van der Waals surface area contributed by atoms with Crippen LogP contribution in [0.1, 0.15) is 52.4 Å². The summed E-state index contributed by atoms with van der Waals surface area (Å²) in [5, 5.41) is 0. The van der Waals surface area contributed by atoms with Gasteiger partial charge in [-0.1, -0.05) is 60.7 Å². The maximum Gasteiger partial charge on any atom is 0.340 e. The number of benzene rings is 3. The Labute approximate surface area is 202 Å². The predicted octanol–water partition coefficient (Wildman–Crippen LogP) is 4.00. The molecule has 6 heteroatoms. The monoisotopic (exact) mass is 465 g/mol. The van der Waals surface area contributed by atoms with Crippen LogP contribution >= 0.6 is 0 Å². The van der Waals surface area contributed by atoms with Gasteiger partial charge in [-0.15, -0.1) is 0 Å². The van der Waals surface area contributed by atoms with Crippen molar-refractivity contribution in [1.29, 1.82) is 0 Å². The average Bonchev–Trinajstić information content (AvgIpc) is 3.14. The topological polar surface area (TPSA) is 80.8 Å². The van der Waals surface area contributed by atoms with Crippen molar-refractivity contribution in [2.45, 2.75) is 31.3 Å². The molecule has 3 aromatic rings. The molecule has 2 amide bonds. The summed E-state index contributed by atoms with van der Waals surface area (Å²) in [5.74, 6) is -3.46. The number of aldehydes is 1. The maximum atomic E-state index is 14.1. The number of anilines is 1. The zero-order valence-corrected chi connectivity index (χ0v) is 19.3. The van der Waals surface area contributed by atoms with Crippen LogP contribution in [0.3, 0.4) is 0 Å². The van der Waals surface area contributed by atoms with Gasteiger partial charge in [0, 0.05) is 5.92 Å². The minimum atomic E-state index is -1.28. The Kier molecular flexibility index (Phi) is 4.58. The molecule has 0 spiro atoms. The van der Waals surface area contributed by atoms with Crippen LogP contribution in [0.4, 0.5) is 5.69 Å². The summed E-state index contributed by atoms with van der Waals surface area (Å²) >= 11 is 0. The molecule has 3 aromatic carbocycles. The highest BCUT2D eigenvalue weighted by Gasteiger charge is 2.68. The van der Waals surface area contributed by atoms with Gasteiger partial charge >= 0.3 is 5.97 Å². The standard InChI is InChI=1S/C29H23NO5/c1-16(2)35-28(34)19-11-5-8-14-22(19)30-26(32)24-23-17-9-3-6-12-20(17)29(15-31,25(24)27(30)33)21-13-7-4-10-18(21)23/h3-16,23-25H,1-2H3/t23?,24-,25-,29?/m0/s1. The first kappa shape index (κ1) is 21.5. The van der Waals surface area contributed by atoms with Crippen LogP contribution in [0, 0.1) is 11.8 Å². The highest BCUT2D eigenvalue weighted by Crippen LogP contribution is 2.63. The lowest BCUT2D eigenvalue weighted by Gasteiger charge is -2.51. The van der Waals surface area contributed by atoms with Gasteiger partial charge in [0.25, 0.3) is 0 Å². The fraction of sp³-hybridized carbons (Fsp3) is 0.241. The number of carbonyl (C=O) groups is 4. The van der Waals surface area contributed by atoms with Crippen molar-refractivity contribution in [3.63, 3.8) is 0 Å². The molecule has 1 aliphatic heterocycles. The van der Waals surface area contributed by atoms with E-state index in [0.717, 1.165) is 33.4 Å². The summed E-state index contributed by atoms with van der Waals surface area (Å²) in [7, 11) is 0. The van der Waals surface area contributed by atoms with E-state index in [1.54, 1.807) is 38.1 Å². The van der Waals surface area contributed by atoms with E-state index in [0.29, 0.717) is 0 Å². The summed E-state index contributed by atoms with van der Waals surface area (Å²) in [6, 6.07) is 21.6. The van der Waals surface area contributed by atoms with Gasteiger partial charge in [0.2, 0.25) is 11.8 Å². The fourth-order valence-electron chi connectivity index (χ4n) is 6.39. The second kappa shape index (κ2) is 7.47. The molecule has 2 atom stereocenters. The molecular weight excluding hydrogens is 442 g/mol. The summed E-state index contributed by atoms with van der Waals surface area (Å²) in [6.45, 7) is 3.47. The third kappa shape index (κ3) is 2.65. The quantitative estimate of drug-likeness (QED) is 0.331. The number of imide groups is 1. The van der Waals surface area contributed by atoms with E-state index >= 15 is 0 Å². The molecular formula is C29H23NO5. The summed E-state index contributed by atoms with van der Waals surface area (Å²) in [4.78, 5) is 55.2. The minimum Gasteiger partial charge on any atom is -0.459 e. The largest absolute Gasteiger partial charge is 0.459 e. The molecule has 4 aliphatic rings. The van der Waals surface area contributed by atoms with Gasteiger partial charge in [-0.3, -0.25) is 9.59 Å². The predicted molar refractivity (Wildman–Crippen MR) is 128 cm³/mol. The van der Waals surface area contributed by atoms with Gasteiger partial charge in [0.15, 0.2) is 0 Å². The fourth-order valence-corrected chi connectivity index (χ4v) is 6.39. The number of nitrogens with zero attached hydrogens (tertiary/aromatic N) is 1. The molecule has 3 aliphatic carbocycles. The molecule has 0 saturated carbocycles. The van der Waals surface area contributed by atoms with Gasteiger partial charge in [0.05, 0.1) is 34.6 Å². The molecule has 0 N–H and O–H groups in total. The lowest BCUT2D eigenvalue weighted by molar-refractivity contribution is -0.128. The first-order valence-corrected chi connectivity index (χ1v) is 11.7. The smallest absolute Gasteiger partial charge is 0.340 e. The van der Waals surface area contributed by atoms with Crippen molar-refractivity contribution < 1.29 is 23.9 Å². The normalized spacial score (nSPS) is 25.8. The van der Waals surface area contributed by atoms with E-state index in [1.807, 2.05) is 48.5 Å². The van der Waals surface area contributed by atoms with Crippen molar-refractivity contribution in [3.8, 4) is 0 Å². The Morgan fingerprint density at radius 3 is 2.06 bits per heavy atom. The van der Waals surface area contributed by atoms with E-state index in [9.17, 15) is 19.2 Å². The van der Waals surface area contributed by atoms with E-state index in [4.69, 9.17) is 4.74 Å². The van der Waals surface area contributed by atoms with Crippen molar-refractivity contribution >= 4 is 29.8 Å². The lowest BCUT2D eigenvalue weighted by Crippen LogP contribution is -2.54. The number of amides is 2. The molecule has 0 unspecified atom stereocenters. The van der Waals surface area contributed by atoms with Gasteiger partial charge in [-0.2, -0.15) is 0 Å². The first-order valence-electron chi connectivity index (χ1n) is 11.7. The zero-order chi connectivity index (χ0) is 24.5. The van der Waals surface area contributed by atoms with Crippen molar-refractivity contribution in [3.05, 3.63) is 101 Å². The Balaban J connectivity index is 1.57. The number of esters is 1. The molecule has 1 saturated heterocycles. The van der Waals surface area contributed by atoms with Crippen LogP contribution in [0.25, 0.3) is 0 Å². The number of ether oxygens (including phenoxy) is 1. The summed E-state index contributed by atoms with van der Waals surface area (Å²) in [5.41, 5.74) is 2.40. The molecule has 6 nitrogen and oxygen atoms in total. The molecule has 0 radical (unpaired) electrons. The van der Waals surface area contributed by atoms with Crippen LogP contribution < -0.4 is 4.90 Å². The highest BCUT2D eigenvalue weighted by atomic mass is 16.5. The number of para-hydroxylation sites is 1. The van der Waals surface area contributed by atoms with E-state index in [2.05, 4.69) is 0 Å². The molecule has 1 fully saturated rings. The van der Waals surface area contributed by atoms with Gasteiger partial charge in [-0.05, 0) is 48.2 Å². The van der Waals surface area contributed by atoms with Gasteiger partial charge in [-0.25, -0.2) is 9.69 Å². The van der Waals surface area contributed by atoms with Crippen molar-refractivity contribution in [2.24, 2.45) is 11.8 Å². The van der Waals surface area contributed by atoms with E-state index in [1.165, 1.54) is 0 Å². The number of rotatable bonds is 4. The second-order valence-electron chi connectivity index (χ2n) is 9.63. The van der Waals surface area contributed by atoms with E-state index < -0.39 is 35.0 Å². The molecule has 2 bridgehead atoms. The Morgan fingerprint density at radius 1 is 0.886 bits per heavy atom. The van der Waals surface area contributed by atoms with Crippen LogP contribution in [0.15, 0.2) is 72.8 Å². The average molecular weight is 466 g/mol. The first-order chi connectivity index (χ1) is 16.9. The van der Waals surface area contributed by atoms with Crippen molar-refractivity contribution in [1.82, 2.24) is 0 Å². The third-order valence-electron chi connectivity index (χ3n) is 7.58. The van der Waals surface area contributed by atoms with Crippen LogP contribution in [0.2, 0.25) is 0 Å².